The molecular weight excluding hydrogens is 206 g/mol. The van der Waals surface area contributed by atoms with E-state index in [2.05, 4.69) is 10.1 Å². The van der Waals surface area contributed by atoms with Gasteiger partial charge in [-0.2, -0.15) is 0 Å². The average molecular weight is 223 g/mol. The van der Waals surface area contributed by atoms with E-state index in [1.54, 1.807) is 0 Å². The zero-order valence-corrected chi connectivity index (χ0v) is 9.78. The number of aryl methyl sites for hydroxylation is 1. The van der Waals surface area contributed by atoms with Crippen molar-refractivity contribution in [2.24, 2.45) is 0 Å². The Labute approximate surface area is 95.2 Å². The molecule has 1 atom stereocenters. The van der Waals surface area contributed by atoms with E-state index < -0.39 is 11.6 Å². The second kappa shape index (κ2) is 4.99. The molecule has 0 saturated heterocycles. The van der Waals surface area contributed by atoms with E-state index in [9.17, 15) is 9.90 Å². The lowest BCUT2D eigenvalue weighted by molar-refractivity contribution is -0.158. The summed E-state index contributed by atoms with van der Waals surface area (Å²) < 4.78 is 4.49. The summed E-state index contributed by atoms with van der Waals surface area (Å²) in [5, 5.41) is 12.7. The molecule has 2 N–H and O–H groups in total. The molecule has 0 amide bonds. The Kier molecular flexibility index (Phi) is 3.90. The minimum absolute atomic E-state index is 0.114. The molecule has 1 rings (SSSR count). The lowest BCUT2D eigenvalue weighted by Crippen LogP contribution is -2.42. The topological polar surface area (TPSA) is 58.6 Å². The number of ether oxygens (including phenoxy) is 1. The van der Waals surface area contributed by atoms with E-state index in [1.165, 1.54) is 14.0 Å². The maximum atomic E-state index is 11.2. The van der Waals surface area contributed by atoms with E-state index in [1.807, 2.05) is 31.2 Å². The maximum Gasteiger partial charge on any atom is 0.339 e. The number of hydrogen-bond donors (Lipinski definition) is 2. The lowest BCUT2D eigenvalue weighted by Gasteiger charge is -2.21. The molecule has 0 aliphatic heterocycles. The van der Waals surface area contributed by atoms with Gasteiger partial charge in [0.15, 0.2) is 5.60 Å². The largest absolute Gasteiger partial charge is 0.467 e. The van der Waals surface area contributed by atoms with Crippen LogP contribution in [0.2, 0.25) is 0 Å². The van der Waals surface area contributed by atoms with Crippen LogP contribution in [0, 0.1) is 6.92 Å². The number of anilines is 1. The third-order valence-corrected chi connectivity index (χ3v) is 2.31. The summed E-state index contributed by atoms with van der Waals surface area (Å²) in [5.41, 5.74) is 0.500. The molecule has 0 fully saturated rings. The van der Waals surface area contributed by atoms with Crippen molar-refractivity contribution in [3.05, 3.63) is 29.8 Å². The Morgan fingerprint density at radius 1 is 1.44 bits per heavy atom. The summed E-state index contributed by atoms with van der Waals surface area (Å²) in [6.45, 7) is 3.52. The zero-order valence-electron chi connectivity index (χ0n) is 9.78. The van der Waals surface area contributed by atoms with Gasteiger partial charge in [-0.3, -0.25) is 0 Å². The van der Waals surface area contributed by atoms with E-state index in [0.717, 1.165) is 11.3 Å². The van der Waals surface area contributed by atoms with Crippen LogP contribution in [0.1, 0.15) is 12.5 Å². The number of benzene rings is 1. The second-order valence-electron chi connectivity index (χ2n) is 3.99. The third-order valence-electron chi connectivity index (χ3n) is 2.31. The van der Waals surface area contributed by atoms with Crippen molar-refractivity contribution in [3.8, 4) is 0 Å². The Hall–Kier alpha value is -1.55. The number of methoxy groups -OCH3 is 1. The van der Waals surface area contributed by atoms with Crippen LogP contribution in [0.3, 0.4) is 0 Å². The summed E-state index contributed by atoms with van der Waals surface area (Å²) in [4.78, 5) is 11.2. The van der Waals surface area contributed by atoms with Gasteiger partial charge in [0.25, 0.3) is 0 Å². The van der Waals surface area contributed by atoms with E-state index in [-0.39, 0.29) is 6.54 Å². The van der Waals surface area contributed by atoms with E-state index in [0.29, 0.717) is 0 Å². The van der Waals surface area contributed by atoms with Gasteiger partial charge in [0.05, 0.1) is 13.7 Å². The van der Waals surface area contributed by atoms with E-state index >= 15 is 0 Å². The molecule has 0 heterocycles. The number of esters is 1. The molecule has 0 aliphatic carbocycles. The van der Waals surface area contributed by atoms with Crippen molar-refractivity contribution in [2.45, 2.75) is 19.4 Å². The fourth-order valence-corrected chi connectivity index (χ4v) is 1.24. The molecule has 88 valence electrons. The SMILES string of the molecule is COC(=O)C(C)(O)CNc1ccc(C)cc1. The molecule has 0 aromatic heterocycles. The summed E-state index contributed by atoms with van der Waals surface area (Å²) in [5.74, 6) is -0.646. The molecule has 1 unspecified atom stereocenters. The van der Waals surface area contributed by atoms with Crippen molar-refractivity contribution in [1.29, 1.82) is 0 Å². The van der Waals surface area contributed by atoms with Crippen molar-refractivity contribution < 1.29 is 14.6 Å². The van der Waals surface area contributed by atoms with Gasteiger partial charge in [-0.15, -0.1) is 0 Å². The number of carbonyl (C=O) groups is 1. The predicted octanol–water partition coefficient (Wildman–Crippen LogP) is 1.33. The summed E-state index contributed by atoms with van der Waals surface area (Å²) in [6.07, 6.45) is 0. The predicted molar refractivity (Wildman–Crippen MR) is 62.3 cm³/mol. The molecule has 0 saturated carbocycles. The molecule has 1 aromatic rings. The molecule has 0 aliphatic rings. The molecular formula is C12H17NO3. The van der Waals surface area contributed by atoms with Crippen LogP contribution in [0.4, 0.5) is 5.69 Å². The van der Waals surface area contributed by atoms with Gasteiger partial charge in [0.1, 0.15) is 0 Å². The number of aliphatic hydroxyl groups is 1. The van der Waals surface area contributed by atoms with Gasteiger partial charge in [0, 0.05) is 5.69 Å². The number of rotatable bonds is 4. The van der Waals surface area contributed by atoms with Crippen LogP contribution in [-0.4, -0.2) is 30.3 Å². The van der Waals surface area contributed by atoms with Crippen molar-refractivity contribution in [2.75, 3.05) is 19.0 Å². The molecule has 0 bridgehead atoms. The first-order valence-electron chi connectivity index (χ1n) is 5.07. The highest BCUT2D eigenvalue weighted by Crippen LogP contribution is 2.12. The monoisotopic (exact) mass is 223 g/mol. The normalized spacial score (nSPS) is 14.0. The second-order valence-corrected chi connectivity index (χ2v) is 3.99. The Morgan fingerprint density at radius 3 is 2.50 bits per heavy atom. The summed E-state index contributed by atoms with van der Waals surface area (Å²) in [6, 6.07) is 7.69. The van der Waals surface area contributed by atoms with Crippen molar-refractivity contribution >= 4 is 11.7 Å². The van der Waals surface area contributed by atoms with Gasteiger partial charge >= 0.3 is 5.97 Å². The quantitative estimate of drug-likeness (QED) is 0.756. The Balaban J connectivity index is 2.57. The first-order chi connectivity index (χ1) is 7.45. The molecule has 4 nitrogen and oxygen atoms in total. The number of nitrogens with one attached hydrogen (secondary N) is 1. The maximum absolute atomic E-state index is 11.2. The summed E-state index contributed by atoms with van der Waals surface area (Å²) in [7, 11) is 1.25. The highest BCUT2D eigenvalue weighted by molar-refractivity contribution is 5.79. The first-order valence-corrected chi connectivity index (χ1v) is 5.07. The molecule has 1 aromatic carbocycles. The molecule has 4 heteroatoms. The molecule has 16 heavy (non-hydrogen) atoms. The number of carbonyl (C=O) groups excluding carboxylic acids is 1. The highest BCUT2D eigenvalue weighted by atomic mass is 16.5. The first kappa shape index (κ1) is 12.5. The van der Waals surface area contributed by atoms with Gasteiger partial charge in [-0.1, -0.05) is 17.7 Å². The standard InChI is InChI=1S/C12H17NO3/c1-9-4-6-10(7-5-9)13-8-12(2,15)11(14)16-3/h4-7,13,15H,8H2,1-3H3. The smallest absolute Gasteiger partial charge is 0.339 e. The van der Waals surface area contributed by atoms with Crippen molar-refractivity contribution in [1.82, 2.24) is 0 Å². The summed E-state index contributed by atoms with van der Waals surface area (Å²) >= 11 is 0. The fraction of sp³-hybridized carbons (Fsp3) is 0.417. The van der Waals surface area contributed by atoms with Crippen LogP contribution in [0.5, 0.6) is 0 Å². The van der Waals surface area contributed by atoms with Gasteiger partial charge in [-0.25, -0.2) is 4.79 Å². The Bertz CT molecular complexity index is 357. The molecule has 0 spiro atoms. The zero-order chi connectivity index (χ0) is 12.2. The van der Waals surface area contributed by atoms with E-state index in [4.69, 9.17) is 0 Å². The average Bonchev–Trinajstić information content (AvgIpc) is 2.27. The third kappa shape index (κ3) is 3.24. The van der Waals surface area contributed by atoms with Gasteiger partial charge in [0.2, 0.25) is 0 Å². The fourth-order valence-electron chi connectivity index (χ4n) is 1.24. The Morgan fingerprint density at radius 2 is 2.00 bits per heavy atom. The van der Waals surface area contributed by atoms with Gasteiger partial charge in [-0.05, 0) is 26.0 Å². The molecule has 0 radical (unpaired) electrons. The highest BCUT2D eigenvalue weighted by Gasteiger charge is 2.30. The number of hydrogen-bond acceptors (Lipinski definition) is 4. The van der Waals surface area contributed by atoms with Crippen molar-refractivity contribution in [3.63, 3.8) is 0 Å². The minimum Gasteiger partial charge on any atom is -0.467 e. The van der Waals surface area contributed by atoms with Crippen LogP contribution < -0.4 is 5.32 Å². The lowest BCUT2D eigenvalue weighted by atomic mass is 10.1. The minimum atomic E-state index is -1.51. The van der Waals surface area contributed by atoms with Gasteiger partial charge < -0.3 is 15.2 Å². The van der Waals surface area contributed by atoms with Crippen LogP contribution >= 0.6 is 0 Å². The van der Waals surface area contributed by atoms with Crippen LogP contribution in [0.15, 0.2) is 24.3 Å². The van der Waals surface area contributed by atoms with Crippen LogP contribution in [-0.2, 0) is 9.53 Å². The van der Waals surface area contributed by atoms with Crippen LogP contribution in [0.25, 0.3) is 0 Å².